The van der Waals surface area contributed by atoms with Gasteiger partial charge in [0.25, 0.3) is 10.0 Å². The number of ether oxygens (including phenoxy) is 2. The summed E-state index contributed by atoms with van der Waals surface area (Å²) in [5, 5.41) is 6.04. The third-order valence-electron chi connectivity index (χ3n) is 8.55. The fourth-order valence-electron chi connectivity index (χ4n) is 6.50. The minimum absolute atomic E-state index is 0.0191. The Morgan fingerprint density at radius 1 is 0.833 bits per heavy atom. The second kappa shape index (κ2) is 13.9. The maximum atomic E-state index is 14.8. The summed E-state index contributed by atoms with van der Waals surface area (Å²) in [5.74, 6) is -2.96. The second-order valence-electron chi connectivity index (χ2n) is 11.8. The minimum Gasteiger partial charge on any atom is -0.467 e. The lowest BCUT2D eigenvalue weighted by molar-refractivity contribution is -0.145. The first kappa shape index (κ1) is 34.2. The highest BCUT2D eigenvalue weighted by Gasteiger charge is 2.49. The molecular weight excluding hydrogens is 636 g/mol. The molecule has 48 heavy (non-hydrogen) atoms. The number of aryl methyl sites for hydroxylation is 1. The number of benzene rings is 3. The van der Waals surface area contributed by atoms with Crippen molar-refractivity contribution in [2.45, 2.75) is 62.6 Å². The van der Waals surface area contributed by atoms with Crippen LogP contribution in [0.5, 0.6) is 0 Å². The van der Waals surface area contributed by atoms with E-state index in [-0.39, 0.29) is 17.7 Å². The predicted molar refractivity (Wildman–Crippen MR) is 179 cm³/mol. The zero-order valence-electron chi connectivity index (χ0n) is 27.3. The van der Waals surface area contributed by atoms with Crippen molar-refractivity contribution >= 4 is 50.4 Å². The van der Waals surface area contributed by atoms with Gasteiger partial charge >= 0.3 is 11.9 Å². The summed E-state index contributed by atoms with van der Waals surface area (Å²) in [6.45, 7) is 4.44. The number of para-hydroxylation sites is 2. The Morgan fingerprint density at radius 3 is 2.06 bits per heavy atom. The lowest BCUT2D eigenvalue weighted by Gasteiger charge is -2.32. The third-order valence-corrected chi connectivity index (χ3v) is 10.4. The Balaban J connectivity index is 1.79. The molecular formula is C35H38N4O8S. The summed E-state index contributed by atoms with van der Waals surface area (Å²) in [4.78, 5) is 53.9. The van der Waals surface area contributed by atoms with Crippen LogP contribution in [0.2, 0.25) is 0 Å². The van der Waals surface area contributed by atoms with Crippen molar-refractivity contribution in [1.82, 2.24) is 15.6 Å². The van der Waals surface area contributed by atoms with Gasteiger partial charge in [-0.3, -0.25) is 13.9 Å². The first-order valence-electron chi connectivity index (χ1n) is 15.4. The molecule has 252 valence electrons. The quantitative estimate of drug-likeness (QED) is 0.202. The van der Waals surface area contributed by atoms with Crippen LogP contribution in [0, 0.1) is 6.92 Å². The Hall–Kier alpha value is -5.17. The van der Waals surface area contributed by atoms with E-state index in [2.05, 4.69) is 15.6 Å². The first-order valence-corrected chi connectivity index (χ1v) is 16.8. The zero-order chi connectivity index (χ0) is 34.7. The van der Waals surface area contributed by atoms with Crippen LogP contribution in [0.1, 0.15) is 54.6 Å². The van der Waals surface area contributed by atoms with Crippen molar-refractivity contribution in [3.05, 3.63) is 95.2 Å². The van der Waals surface area contributed by atoms with Gasteiger partial charge in [-0.2, -0.15) is 0 Å². The molecule has 3 aromatic carbocycles. The molecule has 0 saturated heterocycles. The number of nitrogens with zero attached hydrogens (tertiary/aromatic N) is 1. The van der Waals surface area contributed by atoms with Gasteiger partial charge in [-0.1, -0.05) is 54.1 Å². The van der Waals surface area contributed by atoms with Crippen LogP contribution in [-0.2, 0) is 45.1 Å². The Bertz CT molecular complexity index is 1970. The van der Waals surface area contributed by atoms with E-state index in [1.165, 1.54) is 32.4 Å². The van der Waals surface area contributed by atoms with E-state index < -0.39 is 57.8 Å². The molecule has 2 amide bonds. The molecule has 5 rings (SSSR count). The fraction of sp³-hybridized carbons (Fsp3) is 0.314. The van der Waals surface area contributed by atoms with Crippen LogP contribution in [-0.4, -0.2) is 63.5 Å². The van der Waals surface area contributed by atoms with Crippen molar-refractivity contribution in [1.29, 1.82) is 0 Å². The molecule has 4 atom stereocenters. The SMILES string of the molecule is COC(=O)[C@H](Cc1c([C@H]2[C@@H](C[C@H](NC(C)=O)C(=O)OC)c3ccccc3N2S(=O)(=O)c2ccc(C)cc2)[nH]c2ccccc12)NC(C)=O. The highest BCUT2D eigenvalue weighted by molar-refractivity contribution is 7.92. The van der Waals surface area contributed by atoms with Crippen LogP contribution in [0.4, 0.5) is 5.69 Å². The molecule has 0 spiro atoms. The van der Waals surface area contributed by atoms with Gasteiger partial charge in [-0.15, -0.1) is 0 Å². The summed E-state index contributed by atoms with van der Waals surface area (Å²) >= 11 is 0. The summed E-state index contributed by atoms with van der Waals surface area (Å²) in [7, 11) is -1.82. The molecule has 0 bridgehead atoms. The summed E-state index contributed by atoms with van der Waals surface area (Å²) in [6.07, 6.45) is -0.0511. The average Bonchev–Trinajstić information content (AvgIpc) is 3.58. The average molecular weight is 675 g/mol. The molecule has 0 fully saturated rings. The first-order chi connectivity index (χ1) is 22.9. The molecule has 0 aliphatic carbocycles. The molecule has 3 N–H and O–H groups in total. The molecule has 1 aliphatic rings. The number of aromatic amines is 1. The third kappa shape index (κ3) is 6.63. The smallest absolute Gasteiger partial charge is 0.328 e. The second-order valence-corrected chi connectivity index (χ2v) is 13.6. The van der Waals surface area contributed by atoms with E-state index in [0.29, 0.717) is 33.4 Å². The van der Waals surface area contributed by atoms with Crippen LogP contribution in [0.25, 0.3) is 10.9 Å². The lowest BCUT2D eigenvalue weighted by atomic mass is 9.85. The van der Waals surface area contributed by atoms with E-state index in [4.69, 9.17) is 9.47 Å². The standard InChI is InChI=1S/C35H38N4O8S/c1-20-14-16-23(17-15-20)48(44,45)39-31-13-9-7-11-25(31)27(19-30(35(43)47-5)37-22(3)41)33(39)32-26(24-10-6-8-12-28(24)38-32)18-29(34(42)46-4)36-21(2)40/h6-17,27,29-30,33,38H,18-19H2,1-5H3,(H,36,40)(H,37,41)/t27-,29-,30-,33+/m0/s1. The molecule has 0 radical (unpaired) electrons. The zero-order valence-corrected chi connectivity index (χ0v) is 28.1. The number of H-pyrrole nitrogens is 1. The number of anilines is 1. The van der Waals surface area contributed by atoms with Gasteiger partial charge < -0.3 is 25.1 Å². The normalized spacial score (nSPS) is 16.9. The summed E-state index contributed by atoms with van der Waals surface area (Å²) in [5.41, 5.74) is 3.62. The van der Waals surface area contributed by atoms with Gasteiger partial charge in [0.2, 0.25) is 11.8 Å². The Morgan fingerprint density at radius 2 is 1.42 bits per heavy atom. The number of amides is 2. The van der Waals surface area contributed by atoms with Crippen LogP contribution in [0.3, 0.4) is 0 Å². The Kier molecular flexibility index (Phi) is 9.90. The van der Waals surface area contributed by atoms with E-state index in [0.717, 1.165) is 5.56 Å². The van der Waals surface area contributed by atoms with Crippen molar-refractivity contribution in [2.24, 2.45) is 0 Å². The van der Waals surface area contributed by atoms with E-state index >= 15 is 0 Å². The summed E-state index contributed by atoms with van der Waals surface area (Å²) < 4.78 is 40.9. The van der Waals surface area contributed by atoms with E-state index in [9.17, 15) is 27.6 Å². The molecule has 1 aromatic heterocycles. The van der Waals surface area contributed by atoms with Gasteiger partial charge in [0.15, 0.2) is 0 Å². The van der Waals surface area contributed by atoms with Gasteiger partial charge in [0.1, 0.15) is 12.1 Å². The molecule has 0 unspecified atom stereocenters. The maximum absolute atomic E-state index is 14.8. The van der Waals surface area contributed by atoms with Crippen LogP contribution in [0.15, 0.2) is 77.7 Å². The van der Waals surface area contributed by atoms with Crippen LogP contribution < -0.4 is 14.9 Å². The van der Waals surface area contributed by atoms with Crippen molar-refractivity contribution in [3.8, 4) is 0 Å². The number of hydrogen-bond acceptors (Lipinski definition) is 8. The number of hydrogen-bond donors (Lipinski definition) is 3. The predicted octanol–water partition coefficient (Wildman–Crippen LogP) is 3.80. The highest BCUT2D eigenvalue weighted by Crippen LogP contribution is 2.54. The molecule has 0 saturated carbocycles. The molecule has 13 heteroatoms. The monoisotopic (exact) mass is 674 g/mol. The lowest BCUT2D eigenvalue weighted by Crippen LogP contribution is -2.43. The number of nitrogens with one attached hydrogen (secondary N) is 3. The molecule has 2 heterocycles. The highest BCUT2D eigenvalue weighted by atomic mass is 32.2. The number of esters is 2. The fourth-order valence-corrected chi connectivity index (χ4v) is 8.18. The van der Waals surface area contributed by atoms with E-state index in [1.54, 1.807) is 48.5 Å². The molecule has 12 nitrogen and oxygen atoms in total. The number of aromatic nitrogens is 1. The number of carbonyl (C=O) groups excluding carboxylic acids is 4. The van der Waals surface area contributed by atoms with E-state index in [1.807, 2.05) is 31.2 Å². The van der Waals surface area contributed by atoms with Gasteiger partial charge in [-0.05, 0) is 48.7 Å². The molecule has 1 aliphatic heterocycles. The maximum Gasteiger partial charge on any atom is 0.328 e. The largest absolute Gasteiger partial charge is 0.467 e. The van der Waals surface area contributed by atoms with Crippen molar-refractivity contribution in [2.75, 3.05) is 18.5 Å². The number of carbonyl (C=O) groups is 4. The van der Waals surface area contributed by atoms with Gasteiger partial charge in [-0.25, -0.2) is 18.0 Å². The molecule has 4 aromatic rings. The number of fused-ring (bicyclic) bond motifs is 2. The van der Waals surface area contributed by atoms with Crippen molar-refractivity contribution in [3.63, 3.8) is 0 Å². The Labute approximate surface area is 278 Å². The van der Waals surface area contributed by atoms with Crippen LogP contribution >= 0.6 is 0 Å². The van der Waals surface area contributed by atoms with Crippen molar-refractivity contribution < 1.29 is 37.1 Å². The number of methoxy groups -OCH3 is 2. The van der Waals surface area contributed by atoms with Gasteiger partial charge in [0.05, 0.1) is 30.8 Å². The number of rotatable bonds is 11. The number of sulfonamides is 1. The van der Waals surface area contributed by atoms with Gasteiger partial charge in [0, 0.05) is 42.8 Å². The summed E-state index contributed by atoms with van der Waals surface area (Å²) in [6, 6.07) is 17.7. The minimum atomic E-state index is -4.26. The topological polar surface area (TPSA) is 164 Å².